The second-order valence-corrected chi connectivity index (χ2v) is 7.20. The van der Waals surface area contributed by atoms with E-state index in [1.807, 2.05) is 23.1 Å². The van der Waals surface area contributed by atoms with Crippen LogP contribution in [-0.4, -0.2) is 35.3 Å². The molecule has 152 valence electrons. The first kappa shape index (κ1) is 18.4. The van der Waals surface area contributed by atoms with Gasteiger partial charge in [-0.2, -0.15) is 0 Å². The number of amides is 1. The van der Waals surface area contributed by atoms with Crippen molar-refractivity contribution in [1.29, 1.82) is 0 Å². The number of cyclic esters (lactones) is 1. The van der Waals surface area contributed by atoms with E-state index in [9.17, 15) is 9.18 Å². The number of carbonyl (C=O) groups excluding carboxylic acids is 1. The summed E-state index contributed by atoms with van der Waals surface area (Å²) in [5.74, 6) is 0.0739. The first-order valence-corrected chi connectivity index (χ1v) is 9.66. The molecule has 30 heavy (non-hydrogen) atoms. The van der Waals surface area contributed by atoms with E-state index in [-0.39, 0.29) is 19.0 Å². The van der Waals surface area contributed by atoms with E-state index >= 15 is 0 Å². The average Bonchev–Trinajstić information content (AvgIpc) is 3.36. The number of carbonyl (C=O) groups is 1. The van der Waals surface area contributed by atoms with Crippen LogP contribution in [0, 0.1) is 5.82 Å². The summed E-state index contributed by atoms with van der Waals surface area (Å²) >= 11 is 0. The van der Waals surface area contributed by atoms with Crippen LogP contribution in [0.3, 0.4) is 0 Å². The normalized spacial score (nSPS) is 17.8. The van der Waals surface area contributed by atoms with Crippen LogP contribution in [0.5, 0.6) is 5.88 Å². The Balaban J connectivity index is 1.26. The van der Waals surface area contributed by atoms with E-state index in [0.29, 0.717) is 30.3 Å². The van der Waals surface area contributed by atoms with Crippen LogP contribution in [0.1, 0.15) is 11.3 Å². The molecule has 2 aliphatic heterocycles. The molecule has 1 amide bonds. The summed E-state index contributed by atoms with van der Waals surface area (Å²) < 4.78 is 25.8. The fourth-order valence-corrected chi connectivity index (χ4v) is 3.72. The Labute approximate surface area is 172 Å². The van der Waals surface area contributed by atoms with Gasteiger partial charge in [0.15, 0.2) is 6.10 Å². The van der Waals surface area contributed by atoms with Gasteiger partial charge in [-0.1, -0.05) is 12.1 Å². The lowest BCUT2D eigenvalue weighted by Crippen LogP contribution is -2.27. The zero-order chi connectivity index (χ0) is 20.5. The van der Waals surface area contributed by atoms with Crippen LogP contribution in [0.15, 0.2) is 60.9 Å². The number of hydrogen-bond donors (Lipinski definition) is 0. The molecule has 1 atom stereocenters. The summed E-state index contributed by atoms with van der Waals surface area (Å²) in [5, 5.41) is 0. The molecule has 2 aromatic heterocycles. The highest BCUT2D eigenvalue weighted by atomic mass is 19.1. The molecular weight excluding hydrogens is 387 g/mol. The molecule has 3 aromatic rings. The second kappa shape index (κ2) is 7.62. The average molecular weight is 406 g/mol. The number of nitrogens with zero attached hydrogens (tertiary/aromatic N) is 4. The van der Waals surface area contributed by atoms with Gasteiger partial charge in [-0.25, -0.2) is 14.2 Å². The van der Waals surface area contributed by atoms with Crippen LogP contribution in [0.4, 0.5) is 20.6 Å². The number of aromatic nitrogens is 2. The number of rotatable bonds is 5. The van der Waals surface area contributed by atoms with Crippen LogP contribution in [0.2, 0.25) is 0 Å². The van der Waals surface area contributed by atoms with Gasteiger partial charge in [-0.05, 0) is 35.9 Å². The highest BCUT2D eigenvalue weighted by Crippen LogP contribution is 2.32. The molecule has 1 saturated heterocycles. The van der Waals surface area contributed by atoms with Gasteiger partial charge in [0.25, 0.3) is 0 Å². The summed E-state index contributed by atoms with van der Waals surface area (Å²) in [6.45, 7) is 1.63. The van der Waals surface area contributed by atoms with Gasteiger partial charge >= 0.3 is 6.09 Å². The van der Waals surface area contributed by atoms with Crippen LogP contribution in [-0.2, 0) is 17.8 Å². The zero-order valence-corrected chi connectivity index (χ0v) is 16.1. The zero-order valence-electron chi connectivity index (χ0n) is 16.1. The Morgan fingerprint density at radius 1 is 1.10 bits per heavy atom. The lowest BCUT2D eigenvalue weighted by molar-refractivity contribution is 0.103. The monoisotopic (exact) mass is 406 g/mol. The molecule has 1 fully saturated rings. The first-order valence-electron chi connectivity index (χ1n) is 9.66. The summed E-state index contributed by atoms with van der Waals surface area (Å²) in [4.78, 5) is 24.1. The second-order valence-electron chi connectivity index (χ2n) is 7.20. The molecule has 0 spiro atoms. The third-order valence-corrected chi connectivity index (χ3v) is 5.20. The van der Waals surface area contributed by atoms with E-state index in [4.69, 9.17) is 9.47 Å². The molecule has 0 saturated carbocycles. The minimum Gasteiger partial charge on any atom is -0.474 e. The number of benzene rings is 1. The Bertz CT molecular complexity index is 1050. The molecule has 0 unspecified atom stereocenters. The van der Waals surface area contributed by atoms with Crippen molar-refractivity contribution >= 4 is 17.5 Å². The highest BCUT2D eigenvalue weighted by molar-refractivity contribution is 5.90. The maximum atomic E-state index is 14.9. The van der Waals surface area contributed by atoms with Gasteiger partial charge < -0.3 is 14.4 Å². The number of fused-ring (bicyclic) bond motifs is 1. The van der Waals surface area contributed by atoms with Gasteiger partial charge in [0.1, 0.15) is 12.4 Å². The molecule has 4 heterocycles. The fourth-order valence-electron chi connectivity index (χ4n) is 3.72. The van der Waals surface area contributed by atoms with E-state index in [1.165, 1.54) is 11.0 Å². The minimum absolute atomic E-state index is 0.179. The SMILES string of the molecule is O=C1O[C@@H](COc2ccccn2)CN1c1ccc(N2Cc3cccnc3C2)c(F)c1. The van der Waals surface area contributed by atoms with Crippen molar-refractivity contribution in [2.75, 3.05) is 23.0 Å². The smallest absolute Gasteiger partial charge is 0.414 e. The summed E-state index contributed by atoms with van der Waals surface area (Å²) in [6, 6.07) is 14.0. The fraction of sp³-hybridized carbons (Fsp3) is 0.227. The Kier molecular flexibility index (Phi) is 4.66. The third kappa shape index (κ3) is 3.52. The number of pyridine rings is 2. The van der Waals surface area contributed by atoms with E-state index in [0.717, 1.165) is 11.3 Å². The predicted molar refractivity (Wildman–Crippen MR) is 108 cm³/mol. The molecule has 0 aliphatic carbocycles. The molecule has 5 rings (SSSR count). The number of anilines is 2. The first-order chi connectivity index (χ1) is 14.7. The van der Waals surface area contributed by atoms with Crippen molar-refractivity contribution in [3.8, 4) is 5.88 Å². The summed E-state index contributed by atoms with van der Waals surface area (Å²) in [7, 11) is 0. The van der Waals surface area contributed by atoms with Gasteiger partial charge in [0.05, 0.1) is 30.2 Å². The Hall–Kier alpha value is -3.68. The van der Waals surface area contributed by atoms with Crippen LogP contribution >= 0.6 is 0 Å². The lowest BCUT2D eigenvalue weighted by Gasteiger charge is -2.20. The Morgan fingerprint density at radius 3 is 2.80 bits per heavy atom. The molecule has 7 nitrogen and oxygen atoms in total. The molecule has 0 bridgehead atoms. The molecule has 2 aliphatic rings. The topological polar surface area (TPSA) is 67.8 Å². The molecule has 1 aromatic carbocycles. The maximum Gasteiger partial charge on any atom is 0.414 e. The Morgan fingerprint density at radius 2 is 2.00 bits per heavy atom. The van der Waals surface area contributed by atoms with Crippen molar-refractivity contribution in [2.45, 2.75) is 19.2 Å². The molecular formula is C22H19FN4O3. The van der Waals surface area contributed by atoms with Crippen molar-refractivity contribution in [3.05, 3.63) is 78.0 Å². The third-order valence-electron chi connectivity index (χ3n) is 5.20. The number of hydrogen-bond acceptors (Lipinski definition) is 6. The largest absolute Gasteiger partial charge is 0.474 e. The van der Waals surface area contributed by atoms with Crippen molar-refractivity contribution in [2.24, 2.45) is 0 Å². The molecule has 0 N–H and O–H groups in total. The molecule has 0 radical (unpaired) electrons. The summed E-state index contributed by atoms with van der Waals surface area (Å²) in [5.41, 5.74) is 3.00. The minimum atomic E-state index is -0.519. The van der Waals surface area contributed by atoms with Crippen molar-refractivity contribution in [1.82, 2.24) is 9.97 Å². The standard InChI is InChI=1S/C22H19FN4O3/c23-18-10-16(6-7-20(18)26-11-15-4-3-9-24-19(15)13-26)27-12-17(30-22(27)28)14-29-21-5-1-2-8-25-21/h1-10,17H,11-14H2/t17-/m1/s1. The van der Waals surface area contributed by atoms with Gasteiger partial charge in [-0.3, -0.25) is 9.88 Å². The van der Waals surface area contributed by atoms with Crippen LogP contribution < -0.4 is 14.5 Å². The van der Waals surface area contributed by atoms with Gasteiger partial charge in [0.2, 0.25) is 5.88 Å². The van der Waals surface area contributed by atoms with Crippen molar-refractivity contribution < 1.29 is 18.7 Å². The lowest BCUT2D eigenvalue weighted by atomic mass is 10.2. The quantitative estimate of drug-likeness (QED) is 0.646. The predicted octanol–water partition coefficient (Wildman–Crippen LogP) is 3.54. The van der Waals surface area contributed by atoms with Gasteiger partial charge in [0, 0.05) is 25.0 Å². The number of halogens is 1. The van der Waals surface area contributed by atoms with E-state index in [1.54, 1.807) is 36.7 Å². The highest BCUT2D eigenvalue weighted by Gasteiger charge is 2.33. The maximum absolute atomic E-state index is 14.9. The van der Waals surface area contributed by atoms with Crippen molar-refractivity contribution in [3.63, 3.8) is 0 Å². The van der Waals surface area contributed by atoms with Gasteiger partial charge in [-0.15, -0.1) is 0 Å². The van der Waals surface area contributed by atoms with E-state index in [2.05, 4.69) is 9.97 Å². The van der Waals surface area contributed by atoms with E-state index < -0.39 is 12.2 Å². The molecule has 8 heteroatoms. The number of ether oxygens (including phenoxy) is 2. The van der Waals surface area contributed by atoms with Crippen LogP contribution in [0.25, 0.3) is 0 Å². The summed E-state index contributed by atoms with van der Waals surface area (Å²) in [6.07, 6.45) is 2.40.